The quantitative estimate of drug-likeness (QED) is 0.660. The van der Waals surface area contributed by atoms with Gasteiger partial charge in [0.25, 0.3) is 0 Å². The van der Waals surface area contributed by atoms with Crippen LogP contribution in [0.15, 0.2) is 0 Å². The van der Waals surface area contributed by atoms with Crippen molar-refractivity contribution in [1.82, 2.24) is 10.0 Å². The molecule has 2 fully saturated rings. The number of ether oxygens (including phenoxy) is 1. The third-order valence-electron chi connectivity index (χ3n) is 3.63. The fourth-order valence-electron chi connectivity index (χ4n) is 3.08. The Morgan fingerprint density at radius 3 is 1.80 bits per heavy atom. The van der Waals surface area contributed by atoms with Crippen LogP contribution < -0.4 is 0 Å². The van der Waals surface area contributed by atoms with Crippen LogP contribution in [0.2, 0.25) is 0 Å². The summed E-state index contributed by atoms with van der Waals surface area (Å²) in [6, 6.07) is 1.41. The third-order valence-corrected chi connectivity index (χ3v) is 3.63. The van der Waals surface area contributed by atoms with Crippen molar-refractivity contribution in [2.24, 2.45) is 0 Å². The molecule has 0 radical (unpaired) electrons. The Kier molecular flexibility index (Phi) is 3.33. The summed E-state index contributed by atoms with van der Waals surface area (Å²) >= 11 is 0. The Bertz CT molecular complexity index is 202. The highest BCUT2D eigenvalue weighted by Crippen LogP contribution is 2.27. The van der Waals surface area contributed by atoms with E-state index in [-0.39, 0.29) is 0 Å². The van der Waals surface area contributed by atoms with E-state index in [9.17, 15) is 0 Å². The first-order chi connectivity index (χ1) is 7.08. The lowest BCUT2D eigenvalue weighted by atomic mass is 10.2. The second kappa shape index (κ2) is 4.40. The van der Waals surface area contributed by atoms with Crippen LogP contribution in [0.5, 0.6) is 0 Å². The van der Waals surface area contributed by atoms with Crippen molar-refractivity contribution in [3.8, 4) is 0 Å². The van der Waals surface area contributed by atoms with Gasteiger partial charge in [-0.1, -0.05) is 0 Å². The molecule has 0 amide bonds. The first kappa shape index (κ1) is 11.4. The summed E-state index contributed by atoms with van der Waals surface area (Å²) in [6.45, 7) is 11.1. The van der Waals surface area contributed by atoms with Gasteiger partial charge in [-0.3, -0.25) is 0 Å². The molecule has 0 aromatic heterocycles. The molecule has 0 spiro atoms. The zero-order chi connectivity index (χ0) is 11.0. The summed E-state index contributed by atoms with van der Waals surface area (Å²) in [5, 5.41) is 5.09. The summed E-state index contributed by atoms with van der Waals surface area (Å²) in [7, 11) is 0. The number of morpholine rings is 1. The van der Waals surface area contributed by atoms with Gasteiger partial charge >= 0.3 is 0 Å². The lowest BCUT2D eigenvalue weighted by Gasteiger charge is -2.44. The molecule has 0 aromatic carbocycles. The second-order valence-corrected chi connectivity index (χ2v) is 5.28. The van der Waals surface area contributed by atoms with Crippen molar-refractivity contribution < 1.29 is 4.74 Å². The van der Waals surface area contributed by atoms with Crippen molar-refractivity contribution in [1.29, 1.82) is 0 Å². The van der Waals surface area contributed by atoms with Crippen molar-refractivity contribution >= 4 is 0 Å². The minimum absolute atomic E-state index is 0.369. The van der Waals surface area contributed by atoms with Crippen LogP contribution in [-0.2, 0) is 4.74 Å². The maximum absolute atomic E-state index is 5.78. The van der Waals surface area contributed by atoms with Gasteiger partial charge in [-0.25, -0.2) is 10.0 Å². The van der Waals surface area contributed by atoms with Gasteiger partial charge in [0.15, 0.2) is 0 Å². The van der Waals surface area contributed by atoms with Gasteiger partial charge in [0.05, 0.1) is 12.2 Å². The minimum Gasteiger partial charge on any atom is -0.373 e. The van der Waals surface area contributed by atoms with E-state index >= 15 is 0 Å². The van der Waals surface area contributed by atoms with Gasteiger partial charge < -0.3 is 4.74 Å². The minimum atomic E-state index is 0.369. The molecule has 2 heterocycles. The van der Waals surface area contributed by atoms with Crippen LogP contribution in [0.25, 0.3) is 0 Å². The molecular formula is C12H24N2O. The zero-order valence-electron chi connectivity index (χ0n) is 10.4. The molecule has 2 saturated heterocycles. The highest BCUT2D eigenvalue weighted by atomic mass is 16.5. The van der Waals surface area contributed by atoms with Crippen molar-refractivity contribution in [3.05, 3.63) is 0 Å². The van der Waals surface area contributed by atoms with Gasteiger partial charge in [-0.2, -0.15) is 0 Å². The smallest absolute Gasteiger partial charge is 0.0692 e. The van der Waals surface area contributed by atoms with E-state index in [1.165, 1.54) is 12.8 Å². The molecule has 2 aliphatic rings. The van der Waals surface area contributed by atoms with E-state index in [1.54, 1.807) is 0 Å². The molecular weight excluding hydrogens is 188 g/mol. The number of hydrogen-bond donors (Lipinski definition) is 0. The summed E-state index contributed by atoms with van der Waals surface area (Å²) in [4.78, 5) is 0. The Balaban J connectivity index is 2.02. The number of rotatable bonds is 1. The summed E-state index contributed by atoms with van der Waals surface area (Å²) in [6.07, 6.45) is 3.41. The standard InChI is InChI=1S/C12H24N2O/c1-9-5-6-10(2)14(9)13-7-11(3)15-12(4)8-13/h9-12H,5-8H2,1-4H3/t9-,10-,11-,12-/m1/s1. The van der Waals surface area contributed by atoms with Crippen LogP contribution in [0.1, 0.15) is 40.5 Å². The molecule has 3 nitrogen and oxygen atoms in total. The second-order valence-electron chi connectivity index (χ2n) is 5.28. The van der Waals surface area contributed by atoms with Crippen LogP contribution in [0.4, 0.5) is 0 Å². The predicted molar refractivity (Wildman–Crippen MR) is 61.6 cm³/mol. The molecule has 15 heavy (non-hydrogen) atoms. The highest BCUT2D eigenvalue weighted by molar-refractivity contribution is 4.83. The third kappa shape index (κ3) is 2.35. The predicted octanol–water partition coefficient (Wildman–Crippen LogP) is 1.88. The van der Waals surface area contributed by atoms with E-state index in [4.69, 9.17) is 4.74 Å². The topological polar surface area (TPSA) is 15.7 Å². The first-order valence-corrected chi connectivity index (χ1v) is 6.26. The molecule has 88 valence electrons. The molecule has 0 bridgehead atoms. The molecule has 0 unspecified atom stereocenters. The van der Waals surface area contributed by atoms with Crippen LogP contribution in [-0.4, -0.2) is 47.4 Å². The normalized spacial score (nSPS) is 44.8. The van der Waals surface area contributed by atoms with Gasteiger partial charge in [-0.05, 0) is 40.5 Å². The average Bonchev–Trinajstić information content (AvgIpc) is 2.44. The molecule has 0 aliphatic carbocycles. The van der Waals surface area contributed by atoms with Gasteiger partial charge in [0, 0.05) is 25.2 Å². The van der Waals surface area contributed by atoms with Crippen LogP contribution in [0.3, 0.4) is 0 Å². The summed E-state index contributed by atoms with van der Waals surface area (Å²) in [5.74, 6) is 0. The summed E-state index contributed by atoms with van der Waals surface area (Å²) < 4.78 is 5.78. The maximum Gasteiger partial charge on any atom is 0.0692 e. The fourth-order valence-corrected chi connectivity index (χ4v) is 3.08. The van der Waals surface area contributed by atoms with Crippen molar-refractivity contribution in [3.63, 3.8) is 0 Å². The molecule has 2 rings (SSSR count). The average molecular weight is 212 g/mol. The van der Waals surface area contributed by atoms with E-state index in [0.29, 0.717) is 24.3 Å². The van der Waals surface area contributed by atoms with E-state index in [2.05, 4.69) is 37.7 Å². The number of hydrogen-bond acceptors (Lipinski definition) is 3. The van der Waals surface area contributed by atoms with Gasteiger partial charge in [0.2, 0.25) is 0 Å². The lowest BCUT2D eigenvalue weighted by Crippen LogP contribution is -2.56. The number of hydrazine groups is 1. The monoisotopic (exact) mass is 212 g/mol. The fraction of sp³-hybridized carbons (Fsp3) is 1.00. The van der Waals surface area contributed by atoms with E-state index in [0.717, 1.165) is 13.1 Å². The summed E-state index contributed by atoms with van der Waals surface area (Å²) in [5.41, 5.74) is 0. The number of nitrogens with zero attached hydrogens (tertiary/aromatic N) is 2. The molecule has 2 aliphatic heterocycles. The van der Waals surface area contributed by atoms with Gasteiger partial charge in [-0.15, -0.1) is 0 Å². The largest absolute Gasteiger partial charge is 0.373 e. The van der Waals surface area contributed by atoms with Crippen LogP contribution >= 0.6 is 0 Å². The maximum atomic E-state index is 5.78. The highest BCUT2D eigenvalue weighted by Gasteiger charge is 2.35. The Labute approximate surface area is 93.3 Å². The molecule has 0 saturated carbocycles. The van der Waals surface area contributed by atoms with E-state index < -0.39 is 0 Å². The SMILES string of the molecule is C[C@@H]1CN(N2[C@H](C)CC[C@H]2C)C[C@@H](C)O1. The first-order valence-electron chi connectivity index (χ1n) is 6.26. The Morgan fingerprint density at radius 1 is 0.867 bits per heavy atom. The molecule has 3 heteroatoms. The van der Waals surface area contributed by atoms with Gasteiger partial charge in [0.1, 0.15) is 0 Å². The van der Waals surface area contributed by atoms with Crippen molar-refractivity contribution in [2.45, 2.75) is 64.8 Å². The zero-order valence-corrected chi connectivity index (χ0v) is 10.4. The molecule has 0 N–H and O–H groups in total. The van der Waals surface area contributed by atoms with E-state index in [1.807, 2.05) is 0 Å². The Hall–Kier alpha value is -0.120. The van der Waals surface area contributed by atoms with Crippen molar-refractivity contribution in [2.75, 3.05) is 13.1 Å². The molecule has 4 atom stereocenters. The Morgan fingerprint density at radius 2 is 1.33 bits per heavy atom. The van der Waals surface area contributed by atoms with Crippen LogP contribution in [0, 0.1) is 0 Å². The molecule has 0 aromatic rings. The lowest BCUT2D eigenvalue weighted by molar-refractivity contribution is -0.160.